The third-order valence-electron chi connectivity index (χ3n) is 3.13. The number of ether oxygens (including phenoxy) is 2. The molecule has 0 saturated carbocycles. The summed E-state index contributed by atoms with van der Waals surface area (Å²) >= 11 is 5.19. The third-order valence-corrected chi connectivity index (χ3v) is 3.31. The molecule has 2 N–H and O–H groups in total. The SMILES string of the molecule is NCc1ccc2c(c1)OCO2.O=C(Cl)CCc1ccccc1. The molecule has 2 aromatic rings. The third kappa shape index (κ3) is 5.06. The largest absolute Gasteiger partial charge is 0.454 e. The van der Waals surface area contributed by atoms with Gasteiger partial charge in [0.15, 0.2) is 11.5 Å². The Morgan fingerprint density at radius 2 is 1.77 bits per heavy atom. The molecule has 1 heterocycles. The summed E-state index contributed by atoms with van der Waals surface area (Å²) < 4.78 is 10.3. The van der Waals surface area contributed by atoms with Gasteiger partial charge in [-0.25, -0.2) is 0 Å². The standard InChI is InChI=1S/C9H9ClO.C8H9NO2/c10-9(11)7-6-8-4-2-1-3-5-8;9-4-6-1-2-7-8(3-6)11-5-10-7/h1-5H,6-7H2;1-3H,4-5,9H2. The van der Waals surface area contributed by atoms with Crippen LogP contribution in [0.2, 0.25) is 0 Å². The molecule has 0 radical (unpaired) electrons. The normalized spacial score (nSPS) is 11.5. The van der Waals surface area contributed by atoms with Crippen molar-refractivity contribution in [1.29, 1.82) is 0 Å². The minimum atomic E-state index is -0.270. The van der Waals surface area contributed by atoms with E-state index in [0.29, 0.717) is 19.8 Å². The van der Waals surface area contributed by atoms with Crippen molar-refractivity contribution in [2.75, 3.05) is 6.79 Å². The number of rotatable bonds is 4. The monoisotopic (exact) mass is 319 g/mol. The molecule has 2 aromatic carbocycles. The molecule has 0 aliphatic carbocycles. The molecule has 22 heavy (non-hydrogen) atoms. The molecule has 0 saturated heterocycles. The number of aryl methyl sites for hydroxylation is 1. The Kier molecular flexibility index (Phi) is 6.25. The number of halogens is 1. The zero-order valence-corrected chi connectivity index (χ0v) is 12.9. The highest BCUT2D eigenvalue weighted by Crippen LogP contribution is 2.32. The maximum atomic E-state index is 10.4. The van der Waals surface area contributed by atoms with Crippen LogP contribution in [0.25, 0.3) is 0 Å². The number of hydrogen-bond donors (Lipinski definition) is 1. The summed E-state index contributed by atoms with van der Waals surface area (Å²) in [5.41, 5.74) is 7.67. The second-order valence-corrected chi connectivity index (χ2v) is 5.15. The molecule has 0 fully saturated rings. The van der Waals surface area contributed by atoms with Crippen molar-refractivity contribution in [3.8, 4) is 11.5 Å². The highest BCUT2D eigenvalue weighted by atomic mass is 35.5. The van der Waals surface area contributed by atoms with Gasteiger partial charge in [-0.2, -0.15) is 0 Å². The number of carbonyl (C=O) groups excluding carboxylic acids is 1. The van der Waals surface area contributed by atoms with E-state index in [4.69, 9.17) is 26.8 Å². The van der Waals surface area contributed by atoms with Gasteiger partial charge in [-0.15, -0.1) is 0 Å². The van der Waals surface area contributed by atoms with Crippen molar-refractivity contribution in [3.63, 3.8) is 0 Å². The molecule has 4 nitrogen and oxygen atoms in total. The Morgan fingerprint density at radius 1 is 1.05 bits per heavy atom. The van der Waals surface area contributed by atoms with Crippen LogP contribution in [0.5, 0.6) is 11.5 Å². The van der Waals surface area contributed by atoms with Crippen molar-refractivity contribution < 1.29 is 14.3 Å². The van der Waals surface area contributed by atoms with Crippen molar-refractivity contribution >= 4 is 16.8 Å². The Labute approximate surface area is 134 Å². The van der Waals surface area contributed by atoms with E-state index in [9.17, 15) is 4.79 Å². The van der Waals surface area contributed by atoms with Gasteiger partial charge in [0.25, 0.3) is 0 Å². The van der Waals surface area contributed by atoms with Crippen LogP contribution in [-0.2, 0) is 17.8 Å². The Morgan fingerprint density at radius 3 is 2.45 bits per heavy atom. The van der Waals surface area contributed by atoms with E-state index < -0.39 is 0 Å². The first-order valence-corrected chi connectivity index (χ1v) is 7.37. The first kappa shape index (κ1) is 16.3. The fourth-order valence-corrected chi connectivity index (χ4v) is 2.05. The van der Waals surface area contributed by atoms with E-state index in [1.807, 2.05) is 48.5 Å². The van der Waals surface area contributed by atoms with Crippen molar-refractivity contribution in [3.05, 3.63) is 59.7 Å². The lowest BCUT2D eigenvalue weighted by molar-refractivity contribution is -0.111. The van der Waals surface area contributed by atoms with Crippen LogP contribution in [0.1, 0.15) is 17.5 Å². The van der Waals surface area contributed by atoms with Crippen LogP contribution in [0.4, 0.5) is 0 Å². The molecular weight excluding hydrogens is 302 g/mol. The van der Waals surface area contributed by atoms with Crippen LogP contribution in [0.15, 0.2) is 48.5 Å². The molecule has 1 aliphatic heterocycles. The van der Waals surface area contributed by atoms with E-state index in [-0.39, 0.29) is 5.24 Å². The minimum Gasteiger partial charge on any atom is -0.454 e. The highest BCUT2D eigenvalue weighted by Gasteiger charge is 2.12. The first-order chi connectivity index (χ1) is 10.7. The van der Waals surface area contributed by atoms with Gasteiger partial charge in [-0.05, 0) is 41.3 Å². The fourth-order valence-electron chi connectivity index (χ4n) is 1.96. The molecule has 3 rings (SSSR count). The van der Waals surface area contributed by atoms with Gasteiger partial charge in [0, 0.05) is 13.0 Å². The molecule has 0 amide bonds. The Balaban J connectivity index is 0.000000160. The van der Waals surface area contributed by atoms with E-state index in [0.717, 1.165) is 29.0 Å². The van der Waals surface area contributed by atoms with Crippen LogP contribution < -0.4 is 15.2 Å². The predicted octanol–water partition coefficient (Wildman–Crippen LogP) is 3.26. The van der Waals surface area contributed by atoms with E-state index in [1.165, 1.54) is 0 Å². The van der Waals surface area contributed by atoms with Gasteiger partial charge in [-0.1, -0.05) is 36.4 Å². The maximum absolute atomic E-state index is 10.4. The van der Waals surface area contributed by atoms with Gasteiger partial charge >= 0.3 is 0 Å². The van der Waals surface area contributed by atoms with Crippen molar-refractivity contribution in [1.82, 2.24) is 0 Å². The molecule has 0 aromatic heterocycles. The van der Waals surface area contributed by atoms with Crippen molar-refractivity contribution in [2.45, 2.75) is 19.4 Å². The van der Waals surface area contributed by atoms with Gasteiger partial charge in [0.05, 0.1) is 0 Å². The molecule has 5 heteroatoms. The van der Waals surface area contributed by atoms with Gasteiger partial charge in [0.2, 0.25) is 12.0 Å². The zero-order valence-electron chi connectivity index (χ0n) is 12.1. The van der Waals surface area contributed by atoms with Crippen LogP contribution in [0.3, 0.4) is 0 Å². The average Bonchev–Trinajstić information content (AvgIpc) is 3.02. The summed E-state index contributed by atoms with van der Waals surface area (Å²) in [6.07, 6.45) is 1.16. The molecule has 0 atom stereocenters. The molecular formula is C17H18ClNO3. The van der Waals surface area contributed by atoms with E-state index in [1.54, 1.807) is 0 Å². The average molecular weight is 320 g/mol. The van der Waals surface area contributed by atoms with Crippen molar-refractivity contribution in [2.24, 2.45) is 5.73 Å². The highest BCUT2D eigenvalue weighted by molar-refractivity contribution is 6.63. The van der Waals surface area contributed by atoms with Gasteiger partial charge < -0.3 is 15.2 Å². The number of carbonyl (C=O) groups is 1. The van der Waals surface area contributed by atoms with Crippen LogP contribution >= 0.6 is 11.6 Å². The van der Waals surface area contributed by atoms with E-state index in [2.05, 4.69) is 0 Å². The summed E-state index contributed by atoms with van der Waals surface area (Å²) in [6, 6.07) is 15.5. The summed E-state index contributed by atoms with van der Waals surface area (Å²) in [7, 11) is 0. The lowest BCUT2D eigenvalue weighted by Crippen LogP contribution is -1.95. The summed E-state index contributed by atoms with van der Waals surface area (Å²) in [6.45, 7) is 0.861. The van der Waals surface area contributed by atoms with E-state index >= 15 is 0 Å². The topological polar surface area (TPSA) is 61.6 Å². The van der Waals surface area contributed by atoms with Crippen LogP contribution in [0, 0.1) is 0 Å². The summed E-state index contributed by atoms with van der Waals surface area (Å²) in [4.78, 5) is 10.4. The number of hydrogen-bond acceptors (Lipinski definition) is 4. The number of nitrogens with two attached hydrogens (primary N) is 1. The fraction of sp³-hybridized carbons (Fsp3) is 0.235. The second-order valence-electron chi connectivity index (χ2n) is 4.73. The predicted molar refractivity (Wildman–Crippen MR) is 86.1 cm³/mol. The molecule has 0 bridgehead atoms. The zero-order chi connectivity index (χ0) is 15.8. The lowest BCUT2D eigenvalue weighted by atomic mass is 10.1. The molecule has 0 unspecified atom stereocenters. The smallest absolute Gasteiger partial charge is 0.231 e. The molecule has 0 spiro atoms. The lowest BCUT2D eigenvalue weighted by Gasteiger charge is -1.97. The quantitative estimate of drug-likeness (QED) is 0.879. The summed E-state index contributed by atoms with van der Waals surface area (Å²) in [5.74, 6) is 1.61. The molecule has 1 aliphatic rings. The number of fused-ring (bicyclic) bond motifs is 1. The molecule has 116 valence electrons. The van der Waals surface area contributed by atoms with Gasteiger partial charge in [0.1, 0.15) is 0 Å². The Bertz CT molecular complexity index is 617. The summed E-state index contributed by atoms with van der Waals surface area (Å²) in [5, 5.41) is -0.270. The Hall–Kier alpha value is -2.04. The second kappa shape index (κ2) is 8.41. The number of benzene rings is 2. The maximum Gasteiger partial charge on any atom is 0.231 e. The van der Waals surface area contributed by atoms with Crippen LogP contribution in [-0.4, -0.2) is 12.0 Å². The first-order valence-electron chi connectivity index (χ1n) is 7.00. The minimum absolute atomic E-state index is 0.270. The van der Waals surface area contributed by atoms with Gasteiger partial charge in [-0.3, -0.25) is 4.79 Å².